The Morgan fingerprint density at radius 1 is 0.970 bits per heavy atom. The molecule has 0 fully saturated rings. The van der Waals surface area contributed by atoms with E-state index in [0.29, 0.717) is 36.8 Å². The lowest BCUT2D eigenvalue weighted by molar-refractivity contribution is 0.0951. The van der Waals surface area contributed by atoms with Crippen LogP contribution in [0.1, 0.15) is 22.6 Å². The summed E-state index contributed by atoms with van der Waals surface area (Å²) in [4.78, 5) is 17.3. The molecule has 1 heterocycles. The molecule has 0 aliphatic carbocycles. The number of rotatable bonds is 9. The van der Waals surface area contributed by atoms with Gasteiger partial charge in [0.15, 0.2) is 5.82 Å². The maximum absolute atomic E-state index is 12.7. The van der Waals surface area contributed by atoms with Gasteiger partial charge < -0.3 is 14.8 Å². The maximum Gasteiger partial charge on any atom is 0.251 e. The Hall–Kier alpha value is -4.13. The van der Waals surface area contributed by atoms with Crippen molar-refractivity contribution in [2.24, 2.45) is 0 Å². The quantitative estimate of drug-likeness (QED) is 0.388. The molecule has 4 aromatic rings. The van der Waals surface area contributed by atoms with Crippen LogP contribution < -0.4 is 14.8 Å². The number of carbonyl (C=O) groups is 1. The van der Waals surface area contributed by atoms with Crippen LogP contribution in [0.2, 0.25) is 0 Å². The summed E-state index contributed by atoms with van der Waals surface area (Å²) in [5, 5.41) is 7.49. The summed E-state index contributed by atoms with van der Waals surface area (Å²) in [6.07, 6.45) is 0.713. The van der Waals surface area contributed by atoms with Crippen molar-refractivity contribution in [3.63, 3.8) is 0 Å². The van der Waals surface area contributed by atoms with Crippen molar-refractivity contribution < 1.29 is 14.3 Å². The summed E-state index contributed by atoms with van der Waals surface area (Å²) < 4.78 is 12.7. The average Bonchev–Trinajstić information content (AvgIpc) is 3.26. The molecule has 3 aromatic carbocycles. The molecule has 33 heavy (non-hydrogen) atoms. The Morgan fingerprint density at radius 3 is 2.52 bits per heavy atom. The van der Waals surface area contributed by atoms with Crippen LogP contribution in [0.15, 0.2) is 78.9 Å². The number of hydrogen-bond acceptors (Lipinski definition) is 5. The number of nitrogens with one attached hydrogen (secondary N) is 1. The van der Waals surface area contributed by atoms with Gasteiger partial charge in [-0.3, -0.25) is 4.79 Å². The monoisotopic (exact) mass is 442 g/mol. The third-order valence-electron chi connectivity index (χ3n) is 5.03. The molecule has 1 aromatic heterocycles. The fourth-order valence-corrected chi connectivity index (χ4v) is 3.38. The Bertz CT molecular complexity index is 1200. The molecule has 7 heteroatoms. The topological polar surface area (TPSA) is 78.3 Å². The van der Waals surface area contributed by atoms with Crippen molar-refractivity contribution in [3.8, 4) is 28.6 Å². The number of benzene rings is 3. The molecule has 0 spiro atoms. The van der Waals surface area contributed by atoms with E-state index in [1.807, 2.05) is 79.7 Å². The first kappa shape index (κ1) is 22.1. The Kier molecular flexibility index (Phi) is 6.99. The third kappa shape index (κ3) is 5.57. The van der Waals surface area contributed by atoms with Gasteiger partial charge in [-0.2, -0.15) is 5.10 Å². The standard InChI is InChI=1S/C26H26N4O3/c1-19-28-25(20-12-14-23(32-2)15-13-20)30(29-19)22-9-6-8-21(18-22)26(31)27-16-7-17-33-24-10-4-3-5-11-24/h3-6,8-15,18H,7,16-17H2,1-2H3,(H,27,31). The minimum atomic E-state index is -0.139. The van der Waals surface area contributed by atoms with Gasteiger partial charge in [0.05, 0.1) is 19.4 Å². The summed E-state index contributed by atoms with van der Waals surface area (Å²) in [5.74, 6) is 2.81. The minimum Gasteiger partial charge on any atom is -0.497 e. The first-order valence-electron chi connectivity index (χ1n) is 10.8. The molecule has 1 N–H and O–H groups in total. The van der Waals surface area contributed by atoms with Crippen LogP contribution >= 0.6 is 0 Å². The van der Waals surface area contributed by atoms with Gasteiger partial charge >= 0.3 is 0 Å². The molecule has 0 aliphatic heterocycles. The summed E-state index contributed by atoms with van der Waals surface area (Å²) in [6.45, 7) is 2.90. The highest BCUT2D eigenvalue weighted by Gasteiger charge is 2.14. The zero-order chi connectivity index (χ0) is 23.0. The van der Waals surface area contributed by atoms with E-state index >= 15 is 0 Å². The lowest BCUT2D eigenvalue weighted by Crippen LogP contribution is -2.25. The Balaban J connectivity index is 1.42. The highest BCUT2D eigenvalue weighted by Crippen LogP contribution is 2.24. The summed E-state index contributed by atoms with van der Waals surface area (Å²) >= 11 is 0. The summed E-state index contributed by atoms with van der Waals surface area (Å²) in [5.41, 5.74) is 2.23. The number of hydrogen-bond donors (Lipinski definition) is 1. The summed E-state index contributed by atoms with van der Waals surface area (Å²) in [6, 6.07) is 24.6. The molecule has 7 nitrogen and oxygen atoms in total. The van der Waals surface area contributed by atoms with Crippen LogP contribution in [0, 0.1) is 6.92 Å². The number of nitrogens with zero attached hydrogens (tertiary/aromatic N) is 3. The van der Waals surface area contributed by atoms with Crippen LogP contribution in [0.3, 0.4) is 0 Å². The molecule has 0 atom stereocenters. The number of carbonyl (C=O) groups excluding carboxylic acids is 1. The second-order valence-corrected chi connectivity index (χ2v) is 7.44. The van der Waals surface area contributed by atoms with Crippen LogP contribution in [-0.4, -0.2) is 40.9 Å². The van der Waals surface area contributed by atoms with Crippen molar-refractivity contribution in [3.05, 3.63) is 90.3 Å². The van der Waals surface area contributed by atoms with E-state index in [1.165, 1.54) is 0 Å². The van der Waals surface area contributed by atoms with E-state index < -0.39 is 0 Å². The van der Waals surface area contributed by atoms with Gasteiger partial charge in [-0.1, -0.05) is 24.3 Å². The van der Waals surface area contributed by atoms with Gasteiger partial charge in [-0.15, -0.1) is 0 Å². The molecule has 0 aliphatic rings. The number of ether oxygens (including phenoxy) is 2. The number of amides is 1. The smallest absolute Gasteiger partial charge is 0.251 e. The summed E-state index contributed by atoms with van der Waals surface area (Å²) in [7, 11) is 1.63. The molecule has 168 valence electrons. The first-order chi connectivity index (χ1) is 16.1. The van der Waals surface area contributed by atoms with Gasteiger partial charge in [0, 0.05) is 17.7 Å². The third-order valence-corrected chi connectivity index (χ3v) is 5.03. The number of aromatic nitrogens is 3. The molecule has 0 bridgehead atoms. The van der Waals surface area contributed by atoms with E-state index in [0.717, 1.165) is 22.7 Å². The molecule has 4 rings (SSSR count). The largest absolute Gasteiger partial charge is 0.497 e. The van der Waals surface area contributed by atoms with E-state index in [-0.39, 0.29) is 5.91 Å². The van der Waals surface area contributed by atoms with Crippen LogP contribution in [-0.2, 0) is 0 Å². The van der Waals surface area contributed by atoms with Crippen LogP contribution in [0.5, 0.6) is 11.5 Å². The maximum atomic E-state index is 12.7. The zero-order valence-electron chi connectivity index (χ0n) is 18.7. The van der Waals surface area contributed by atoms with Crippen LogP contribution in [0.25, 0.3) is 17.1 Å². The fourth-order valence-electron chi connectivity index (χ4n) is 3.38. The van der Waals surface area contributed by atoms with Gasteiger partial charge in [-0.05, 0) is 67.9 Å². The highest BCUT2D eigenvalue weighted by atomic mass is 16.5. The van der Waals surface area contributed by atoms with Gasteiger partial charge in [0.1, 0.15) is 17.3 Å². The molecule has 0 saturated heterocycles. The van der Waals surface area contributed by atoms with Crippen molar-refractivity contribution in [1.82, 2.24) is 20.1 Å². The Morgan fingerprint density at radius 2 is 1.76 bits per heavy atom. The van der Waals surface area contributed by atoms with Crippen molar-refractivity contribution in [1.29, 1.82) is 0 Å². The van der Waals surface area contributed by atoms with Gasteiger partial charge in [0.2, 0.25) is 0 Å². The fraction of sp³-hybridized carbons (Fsp3) is 0.192. The minimum absolute atomic E-state index is 0.139. The molecule has 0 saturated carbocycles. The SMILES string of the molecule is COc1ccc(-c2nc(C)nn2-c2cccc(C(=O)NCCCOc3ccccc3)c2)cc1. The number of para-hydroxylation sites is 1. The molecular formula is C26H26N4O3. The molecule has 0 radical (unpaired) electrons. The average molecular weight is 443 g/mol. The Labute approximate surface area is 193 Å². The van der Waals surface area contributed by atoms with E-state index in [1.54, 1.807) is 17.9 Å². The lowest BCUT2D eigenvalue weighted by atomic mass is 10.1. The van der Waals surface area contributed by atoms with E-state index in [9.17, 15) is 4.79 Å². The lowest BCUT2D eigenvalue weighted by Gasteiger charge is -2.10. The molecular weight excluding hydrogens is 416 g/mol. The van der Waals surface area contributed by atoms with Crippen molar-refractivity contribution in [2.75, 3.05) is 20.3 Å². The van der Waals surface area contributed by atoms with Crippen molar-refractivity contribution >= 4 is 5.91 Å². The predicted octanol–water partition coefficient (Wildman–Crippen LogP) is 4.45. The van der Waals surface area contributed by atoms with E-state index in [4.69, 9.17) is 9.47 Å². The van der Waals surface area contributed by atoms with Crippen molar-refractivity contribution in [2.45, 2.75) is 13.3 Å². The van der Waals surface area contributed by atoms with Gasteiger partial charge in [-0.25, -0.2) is 9.67 Å². The number of aryl methyl sites for hydroxylation is 1. The second kappa shape index (κ2) is 10.5. The molecule has 1 amide bonds. The highest BCUT2D eigenvalue weighted by molar-refractivity contribution is 5.94. The van der Waals surface area contributed by atoms with Crippen LogP contribution in [0.4, 0.5) is 0 Å². The first-order valence-corrected chi connectivity index (χ1v) is 10.8. The second-order valence-electron chi connectivity index (χ2n) is 7.44. The van der Waals surface area contributed by atoms with Gasteiger partial charge in [0.25, 0.3) is 5.91 Å². The molecule has 0 unspecified atom stereocenters. The van der Waals surface area contributed by atoms with E-state index in [2.05, 4.69) is 15.4 Å². The number of methoxy groups -OCH3 is 1. The zero-order valence-corrected chi connectivity index (χ0v) is 18.7. The predicted molar refractivity (Wildman–Crippen MR) is 127 cm³/mol. The normalized spacial score (nSPS) is 10.6.